The number of hydrogen-bond acceptors (Lipinski definition) is 4. The Morgan fingerprint density at radius 1 is 1.24 bits per heavy atom. The van der Waals surface area contributed by atoms with Crippen LogP contribution in [-0.4, -0.2) is 33.0 Å². The Hall–Kier alpha value is -1.82. The zero-order valence-corrected chi connectivity index (χ0v) is 15.4. The number of rotatable bonds is 8. The van der Waals surface area contributed by atoms with Crippen LogP contribution in [0.15, 0.2) is 29.4 Å². The first kappa shape index (κ1) is 16.6. The first-order valence-corrected chi connectivity index (χ1v) is 10.1. The van der Waals surface area contributed by atoms with Gasteiger partial charge in [0.2, 0.25) is 5.91 Å². The molecule has 1 heterocycles. The molecule has 0 radical (unpaired) electrons. The van der Waals surface area contributed by atoms with Crippen molar-refractivity contribution in [3.05, 3.63) is 41.2 Å². The second kappa shape index (κ2) is 7.20. The number of aryl methyl sites for hydroxylation is 1. The summed E-state index contributed by atoms with van der Waals surface area (Å²) in [5, 5.41) is 12.7. The number of carbonyl (C=O) groups excluding carboxylic acids is 1. The van der Waals surface area contributed by atoms with Crippen molar-refractivity contribution < 1.29 is 4.79 Å². The van der Waals surface area contributed by atoms with Crippen molar-refractivity contribution in [2.75, 3.05) is 12.3 Å². The predicted octanol–water partition coefficient (Wildman–Crippen LogP) is 3.25. The van der Waals surface area contributed by atoms with Crippen molar-refractivity contribution in [2.45, 2.75) is 56.1 Å². The van der Waals surface area contributed by atoms with Gasteiger partial charge in [-0.2, -0.15) is 0 Å². The van der Waals surface area contributed by atoms with E-state index in [2.05, 4.69) is 39.1 Å². The van der Waals surface area contributed by atoms with Gasteiger partial charge in [-0.15, -0.1) is 10.2 Å². The van der Waals surface area contributed by atoms with Gasteiger partial charge in [-0.05, 0) is 50.2 Å². The molecule has 5 nitrogen and oxygen atoms in total. The molecule has 2 aromatic rings. The lowest BCUT2D eigenvalue weighted by Gasteiger charge is -2.09. The Bertz CT molecular complexity index is 765. The minimum Gasteiger partial charge on any atom is -0.355 e. The fourth-order valence-electron chi connectivity index (χ4n) is 3.09. The molecule has 4 rings (SSSR count). The molecule has 1 aromatic carbocycles. The van der Waals surface area contributed by atoms with Crippen LogP contribution in [0, 0.1) is 6.92 Å². The number of carbonyl (C=O) groups is 1. The fourth-order valence-corrected chi connectivity index (χ4v) is 3.93. The highest BCUT2D eigenvalue weighted by Crippen LogP contribution is 2.45. The van der Waals surface area contributed by atoms with Crippen molar-refractivity contribution in [3.63, 3.8) is 0 Å². The van der Waals surface area contributed by atoms with Crippen LogP contribution in [0.25, 0.3) is 0 Å². The van der Waals surface area contributed by atoms with E-state index in [0.29, 0.717) is 24.3 Å². The second-order valence-corrected chi connectivity index (χ2v) is 7.97. The van der Waals surface area contributed by atoms with E-state index in [-0.39, 0.29) is 5.91 Å². The number of benzene rings is 1. The molecule has 0 spiro atoms. The summed E-state index contributed by atoms with van der Waals surface area (Å²) in [6.07, 6.45) is 5.76. The number of nitrogens with one attached hydrogen (secondary N) is 1. The molecule has 132 valence electrons. The van der Waals surface area contributed by atoms with Crippen LogP contribution in [0.5, 0.6) is 0 Å². The molecule has 0 atom stereocenters. The van der Waals surface area contributed by atoms with Crippen molar-refractivity contribution >= 4 is 17.7 Å². The monoisotopic (exact) mass is 356 g/mol. The van der Waals surface area contributed by atoms with Gasteiger partial charge in [-0.1, -0.05) is 36.0 Å². The zero-order chi connectivity index (χ0) is 17.2. The van der Waals surface area contributed by atoms with Crippen molar-refractivity contribution in [1.29, 1.82) is 0 Å². The maximum absolute atomic E-state index is 12.2. The number of nitrogens with zero attached hydrogens (tertiary/aromatic N) is 3. The van der Waals surface area contributed by atoms with Gasteiger partial charge in [0.25, 0.3) is 0 Å². The summed E-state index contributed by atoms with van der Waals surface area (Å²) in [5.74, 6) is 2.22. The molecular weight excluding hydrogens is 332 g/mol. The predicted molar refractivity (Wildman–Crippen MR) is 98.9 cm³/mol. The van der Waals surface area contributed by atoms with Gasteiger partial charge in [0, 0.05) is 18.5 Å². The van der Waals surface area contributed by atoms with E-state index in [1.54, 1.807) is 0 Å². The molecule has 0 unspecified atom stereocenters. The fraction of sp³-hybridized carbons (Fsp3) is 0.526. The number of hydrogen-bond donors (Lipinski definition) is 1. The lowest BCUT2D eigenvalue weighted by Crippen LogP contribution is -2.27. The number of aromatic nitrogens is 3. The van der Waals surface area contributed by atoms with Crippen molar-refractivity contribution in [3.8, 4) is 0 Å². The van der Waals surface area contributed by atoms with Gasteiger partial charge in [0.15, 0.2) is 5.16 Å². The van der Waals surface area contributed by atoms with Gasteiger partial charge < -0.3 is 9.88 Å². The molecule has 0 aliphatic heterocycles. The third-order valence-corrected chi connectivity index (χ3v) is 5.80. The molecule has 0 saturated heterocycles. The van der Waals surface area contributed by atoms with Crippen LogP contribution < -0.4 is 5.32 Å². The Labute approximate surface area is 152 Å². The zero-order valence-electron chi connectivity index (χ0n) is 14.6. The highest BCUT2D eigenvalue weighted by atomic mass is 32.2. The van der Waals surface area contributed by atoms with Gasteiger partial charge in [-0.25, -0.2) is 0 Å². The molecule has 2 fully saturated rings. The molecule has 2 aliphatic rings. The molecule has 6 heteroatoms. The van der Waals surface area contributed by atoms with Crippen molar-refractivity contribution in [1.82, 2.24) is 20.1 Å². The highest BCUT2D eigenvalue weighted by molar-refractivity contribution is 7.99. The lowest BCUT2D eigenvalue weighted by atomic mass is 10.1. The standard InChI is InChI=1S/C19H24N4OS/c1-13-4-2-3-5-14(13)10-11-20-17(24)12-25-19-22-21-18(15-6-7-15)23(19)16-8-9-16/h2-5,15-16H,6-12H2,1H3,(H,20,24). The highest BCUT2D eigenvalue weighted by Gasteiger charge is 2.36. The summed E-state index contributed by atoms with van der Waals surface area (Å²) in [6.45, 7) is 2.78. The molecular formula is C19H24N4OS. The quantitative estimate of drug-likeness (QED) is 0.738. The van der Waals surface area contributed by atoms with Gasteiger partial charge >= 0.3 is 0 Å². The summed E-state index contributed by atoms with van der Waals surface area (Å²) >= 11 is 1.52. The van der Waals surface area contributed by atoms with E-state index in [0.717, 1.165) is 17.4 Å². The minimum atomic E-state index is 0.0666. The summed E-state index contributed by atoms with van der Waals surface area (Å²) in [5.41, 5.74) is 2.56. The molecule has 2 aliphatic carbocycles. The Balaban J connectivity index is 1.27. The summed E-state index contributed by atoms with van der Waals surface area (Å²) < 4.78 is 2.29. The van der Waals surface area contributed by atoms with Crippen LogP contribution in [0.2, 0.25) is 0 Å². The van der Waals surface area contributed by atoms with E-state index >= 15 is 0 Å². The Morgan fingerprint density at radius 3 is 2.76 bits per heavy atom. The maximum atomic E-state index is 12.2. The van der Waals surface area contributed by atoms with Gasteiger partial charge in [-0.3, -0.25) is 4.79 Å². The average molecular weight is 356 g/mol. The molecule has 1 amide bonds. The average Bonchev–Trinajstić information content (AvgIpc) is 3.53. The van der Waals surface area contributed by atoms with Gasteiger partial charge in [0.05, 0.1) is 5.75 Å². The third-order valence-electron chi connectivity index (χ3n) is 4.86. The molecule has 2 saturated carbocycles. The Morgan fingerprint density at radius 2 is 2.04 bits per heavy atom. The van der Waals surface area contributed by atoms with E-state index in [1.165, 1.54) is 48.6 Å². The number of amides is 1. The molecule has 1 N–H and O–H groups in total. The Kier molecular flexibility index (Phi) is 4.79. The molecule has 1 aromatic heterocycles. The smallest absolute Gasteiger partial charge is 0.230 e. The summed E-state index contributed by atoms with van der Waals surface area (Å²) in [4.78, 5) is 12.2. The number of thioether (sulfide) groups is 1. The van der Waals surface area contributed by atoms with E-state index in [1.807, 2.05) is 12.1 Å². The van der Waals surface area contributed by atoms with E-state index in [9.17, 15) is 4.79 Å². The topological polar surface area (TPSA) is 59.8 Å². The maximum Gasteiger partial charge on any atom is 0.230 e. The normalized spacial score (nSPS) is 16.8. The summed E-state index contributed by atoms with van der Waals surface area (Å²) in [7, 11) is 0. The minimum absolute atomic E-state index is 0.0666. The first-order valence-electron chi connectivity index (χ1n) is 9.11. The SMILES string of the molecule is Cc1ccccc1CCNC(=O)CSc1nnc(C2CC2)n1C1CC1. The largest absolute Gasteiger partial charge is 0.355 e. The second-order valence-electron chi connectivity index (χ2n) is 7.03. The first-order chi connectivity index (χ1) is 12.2. The van der Waals surface area contributed by atoms with Gasteiger partial charge in [0.1, 0.15) is 5.82 Å². The van der Waals surface area contributed by atoms with Crippen molar-refractivity contribution in [2.24, 2.45) is 0 Å². The third kappa shape index (κ3) is 4.06. The lowest BCUT2D eigenvalue weighted by molar-refractivity contribution is -0.118. The van der Waals surface area contributed by atoms with E-state index in [4.69, 9.17) is 0 Å². The van der Waals surface area contributed by atoms with Crippen LogP contribution >= 0.6 is 11.8 Å². The van der Waals surface area contributed by atoms with Crippen LogP contribution in [-0.2, 0) is 11.2 Å². The van der Waals surface area contributed by atoms with Crippen LogP contribution in [0.4, 0.5) is 0 Å². The van der Waals surface area contributed by atoms with Crippen LogP contribution in [0.3, 0.4) is 0 Å². The van der Waals surface area contributed by atoms with E-state index < -0.39 is 0 Å². The molecule has 0 bridgehead atoms. The van der Waals surface area contributed by atoms with Crippen LogP contribution in [0.1, 0.15) is 54.6 Å². The summed E-state index contributed by atoms with van der Waals surface area (Å²) in [6, 6.07) is 8.88. The molecule has 25 heavy (non-hydrogen) atoms.